The Kier molecular flexibility index (Phi) is 5.29. The number of aryl methyl sites for hydroxylation is 1. The zero-order valence-electron chi connectivity index (χ0n) is 13.3. The molecule has 0 spiro atoms. The van der Waals surface area contributed by atoms with Crippen molar-refractivity contribution in [3.8, 4) is 5.88 Å². The largest absolute Gasteiger partial charge is 0.479 e. The molecule has 0 aliphatic rings. The Bertz CT molecular complexity index is 684. The van der Waals surface area contributed by atoms with Gasteiger partial charge in [0.25, 0.3) is 5.91 Å². The number of ether oxygens (including phenoxy) is 1. The summed E-state index contributed by atoms with van der Waals surface area (Å²) in [6.45, 7) is 0.308. The highest BCUT2D eigenvalue weighted by Gasteiger charge is 2.21. The monoisotopic (exact) mass is 317 g/mol. The van der Waals surface area contributed by atoms with Gasteiger partial charge in [-0.15, -0.1) is 5.10 Å². The van der Waals surface area contributed by atoms with Crippen LogP contribution in [0.4, 0.5) is 0 Å². The van der Waals surface area contributed by atoms with E-state index in [2.05, 4.69) is 15.4 Å². The smallest absolute Gasteiger partial charge is 0.261 e. The number of amides is 2. The molecule has 122 valence electrons. The van der Waals surface area contributed by atoms with Crippen LogP contribution < -0.4 is 10.1 Å². The molecule has 2 heterocycles. The number of carbonyl (C=O) groups excluding carboxylic acids is 2. The minimum atomic E-state index is -0.327. The van der Waals surface area contributed by atoms with Crippen LogP contribution in [0.3, 0.4) is 0 Å². The Morgan fingerprint density at radius 1 is 1.43 bits per heavy atom. The summed E-state index contributed by atoms with van der Waals surface area (Å²) in [7, 11) is 4.69. The summed E-state index contributed by atoms with van der Waals surface area (Å²) in [5, 5.41) is 6.77. The fourth-order valence-corrected chi connectivity index (χ4v) is 2.02. The summed E-state index contributed by atoms with van der Waals surface area (Å²) < 4.78 is 6.55. The lowest BCUT2D eigenvalue weighted by molar-refractivity contribution is -0.121. The predicted octanol–water partition coefficient (Wildman–Crippen LogP) is 0.212. The van der Waals surface area contributed by atoms with Gasteiger partial charge in [-0.25, -0.2) is 0 Å². The van der Waals surface area contributed by atoms with Crippen LogP contribution in [-0.2, 0) is 18.4 Å². The Hall–Kier alpha value is -2.90. The molecule has 0 bridgehead atoms. The number of hydrogen-bond donors (Lipinski definition) is 1. The normalized spacial score (nSPS) is 10.2. The lowest BCUT2D eigenvalue weighted by Gasteiger charge is -2.16. The quantitative estimate of drug-likeness (QED) is 0.823. The van der Waals surface area contributed by atoms with Gasteiger partial charge in [0.15, 0.2) is 0 Å². The Balaban J connectivity index is 1.91. The number of aromatic nitrogens is 3. The van der Waals surface area contributed by atoms with E-state index in [0.29, 0.717) is 12.1 Å². The molecule has 0 fully saturated rings. The number of nitrogens with zero attached hydrogens (tertiary/aromatic N) is 4. The lowest BCUT2D eigenvalue weighted by atomic mass is 10.3. The van der Waals surface area contributed by atoms with Crippen molar-refractivity contribution in [2.24, 2.45) is 7.05 Å². The van der Waals surface area contributed by atoms with Crippen molar-refractivity contribution < 1.29 is 14.3 Å². The van der Waals surface area contributed by atoms with E-state index in [4.69, 9.17) is 4.74 Å². The van der Waals surface area contributed by atoms with Crippen LogP contribution in [0.5, 0.6) is 5.88 Å². The minimum Gasteiger partial charge on any atom is -0.479 e. The zero-order chi connectivity index (χ0) is 16.8. The number of rotatable bonds is 6. The molecule has 0 aliphatic heterocycles. The molecule has 0 aliphatic carbocycles. The molecule has 0 unspecified atom stereocenters. The molecule has 2 aromatic heterocycles. The van der Waals surface area contributed by atoms with E-state index < -0.39 is 0 Å². The topological polar surface area (TPSA) is 89.4 Å². The zero-order valence-corrected chi connectivity index (χ0v) is 13.3. The van der Waals surface area contributed by atoms with Gasteiger partial charge in [-0.2, -0.15) is 0 Å². The van der Waals surface area contributed by atoms with Crippen molar-refractivity contribution in [3.05, 3.63) is 41.9 Å². The average Bonchev–Trinajstić information content (AvgIpc) is 2.94. The summed E-state index contributed by atoms with van der Waals surface area (Å²) in [6.07, 6.45) is 4.90. The minimum absolute atomic E-state index is 0.0584. The van der Waals surface area contributed by atoms with Crippen molar-refractivity contribution in [2.45, 2.75) is 6.54 Å². The highest BCUT2D eigenvalue weighted by molar-refractivity contribution is 5.98. The molecule has 0 saturated heterocycles. The Labute approximate surface area is 134 Å². The van der Waals surface area contributed by atoms with Crippen LogP contribution in [0.2, 0.25) is 0 Å². The fraction of sp³-hybridized carbons (Fsp3) is 0.333. The van der Waals surface area contributed by atoms with Gasteiger partial charge in [-0.1, -0.05) is 6.07 Å². The third-order valence-electron chi connectivity index (χ3n) is 3.16. The van der Waals surface area contributed by atoms with Crippen LogP contribution in [0.25, 0.3) is 0 Å². The highest BCUT2D eigenvalue weighted by atomic mass is 16.5. The second kappa shape index (κ2) is 7.39. The third kappa shape index (κ3) is 4.29. The van der Waals surface area contributed by atoms with Gasteiger partial charge in [0.05, 0.1) is 13.7 Å². The number of nitrogens with one attached hydrogen (secondary N) is 1. The van der Waals surface area contributed by atoms with Crippen LogP contribution in [0, 0.1) is 0 Å². The first-order chi connectivity index (χ1) is 11.0. The summed E-state index contributed by atoms with van der Waals surface area (Å²) in [5.74, 6) is -0.348. The Morgan fingerprint density at radius 2 is 2.22 bits per heavy atom. The maximum Gasteiger partial charge on any atom is 0.261 e. The van der Waals surface area contributed by atoms with E-state index >= 15 is 0 Å². The maximum atomic E-state index is 12.4. The average molecular weight is 317 g/mol. The molecule has 2 rings (SSSR count). The first kappa shape index (κ1) is 16.5. The molecule has 0 radical (unpaired) electrons. The second-order valence-electron chi connectivity index (χ2n) is 5.02. The van der Waals surface area contributed by atoms with Gasteiger partial charge in [0.1, 0.15) is 5.56 Å². The summed E-state index contributed by atoms with van der Waals surface area (Å²) in [4.78, 5) is 29.6. The van der Waals surface area contributed by atoms with Crippen molar-refractivity contribution in [1.29, 1.82) is 0 Å². The maximum absolute atomic E-state index is 12.4. The van der Waals surface area contributed by atoms with Crippen LogP contribution in [0.15, 0.2) is 30.7 Å². The molecule has 8 nitrogen and oxygen atoms in total. The molecule has 23 heavy (non-hydrogen) atoms. The van der Waals surface area contributed by atoms with E-state index in [9.17, 15) is 9.59 Å². The van der Waals surface area contributed by atoms with Crippen molar-refractivity contribution in [1.82, 2.24) is 25.0 Å². The van der Waals surface area contributed by atoms with Gasteiger partial charge in [-0.3, -0.25) is 19.3 Å². The fourth-order valence-electron chi connectivity index (χ4n) is 2.02. The van der Waals surface area contributed by atoms with E-state index in [1.807, 2.05) is 6.07 Å². The van der Waals surface area contributed by atoms with Gasteiger partial charge in [0, 0.05) is 39.2 Å². The number of carbonyl (C=O) groups is 2. The first-order valence-electron chi connectivity index (χ1n) is 7.00. The van der Waals surface area contributed by atoms with Crippen LogP contribution in [0.1, 0.15) is 15.9 Å². The van der Waals surface area contributed by atoms with E-state index in [0.717, 1.165) is 5.56 Å². The molecule has 2 aromatic rings. The van der Waals surface area contributed by atoms with Gasteiger partial charge >= 0.3 is 0 Å². The van der Waals surface area contributed by atoms with Crippen molar-refractivity contribution in [2.75, 3.05) is 20.7 Å². The number of hydrogen-bond acceptors (Lipinski definition) is 5. The Morgan fingerprint density at radius 3 is 2.87 bits per heavy atom. The molecule has 0 atom stereocenters. The second-order valence-corrected chi connectivity index (χ2v) is 5.02. The van der Waals surface area contributed by atoms with E-state index in [-0.39, 0.29) is 24.2 Å². The molecule has 0 saturated carbocycles. The van der Waals surface area contributed by atoms with Gasteiger partial charge in [-0.05, 0) is 11.6 Å². The highest BCUT2D eigenvalue weighted by Crippen LogP contribution is 2.16. The van der Waals surface area contributed by atoms with E-state index in [1.165, 1.54) is 16.7 Å². The molecule has 1 N–H and O–H groups in total. The van der Waals surface area contributed by atoms with Crippen molar-refractivity contribution in [3.63, 3.8) is 0 Å². The summed E-state index contributed by atoms with van der Waals surface area (Å²) in [5.41, 5.74) is 1.21. The molecule has 8 heteroatoms. The number of likely N-dealkylation sites (N-methyl/N-ethyl adjacent to an activating group) is 1. The molecule has 0 aromatic carbocycles. The SMILES string of the molecule is COc1nn(C)cc1C(=O)N(C)CC(=O)NCc1cccnc1. The standard InChI is InChI=1S/C15H19N5O3/c1-19(15(22)12-9-20(2)18-14(12)23-3)10-13(21)17-8-11-5-4-6-16-7-11/h4-7,9H,8,10H2,1-3H3,(H,17,21). The molecular formula is C15H19N5O3. The summed E-state index contributed by atoms with van der Waals surface area (Å²) in [6, 6.07) is 3.66. The van der Waals surface area contributed by atoms with Crippen molar-refractivity contribution >= 4 is 11.8 Å². The van der Waals surface area contributed by atoms with Gasteiger partial charge in [0.2, 0.25) is 11.8 Å². The first-order valence-corrected chi connectivity index (χ1v) is 7.00. The number of methoxy groups -OCH3 is 1. The predicted molar refractivity (Wildman–Crippen MR) is 82.8 cm³/mol. The summed E-state index contributed by atoms with van der Waals surface area (Å²) >= 11 is 0. The van der Waals surface area contributed by atoms with Crippen LogP contribution in [-0.4, -0.2) is 52.2 Å². The molecular weight excluding hydrogens is 298 g/mol. The lowest BCUT2D eigenvalue weighted by Crippen LogP contribution is -2.38. The third-order valence-corrected chi connectivity index (χ3v) is 3.16. The van der Waals surface area contributed by atoms with Crippen LogP contribution >= 0.6 is 0 Å². The number of pyridine rings is 1. The van der Waals surface area contributed by atoms with E-state index in [1.54, 1.807) is 38.8 Å². The molecule has 2 amide bonds. The van der Waals surface area contributed by atoms with Gasteiger partial charge < -0.3 is 15.0 Å².